The first-order valence-electron chi connectivity index (χ1n) is 7.55. The van der Waals surface area contributed by atoms with Crippen LogP contribution in [0.5, 0.6) is 0 Å². The third-order valence-electron chi connectivity index (χ3n) is 3.80. The van der Waals surface area contributed by atoms with E-state index in [2.05, 4.69) is 5.32 Å². The Morgan fingerprint density at radius 2 is 1.52 bits per heavy atom. The largest absolute Gasteiger partial charge is 0.479 e. The first-order valence-corrected chi connectivity index (χ1v) is 7.55. The van der Waals surface area contributed by atoms with E-state index in [9.17, 15) is 14.7 Å². The summed E-state index contributed by atoms with van der Waals surface area (Å²) in [5.74, 6) is -1.78. The number of hydrogen-bond acceptors (Lipinski definition) is 2. The Morgan fingerprint density at radius 3 is 2.04 bits per heavy atom. The molecule has 2 N–H and O–H groups in total. The van der Waals surface area contributed by atoms with Gasteiger partial charge in [0.1, 0.15) is 0 Å². The Bertz CT molecular complexity index is 690. The van der Waals surface area contributed by atoms with Gasteiger partial charge in [0.25, 0.3) is 0 Å². The van der Waals surface area contributed by atoms with Crippen molar-refractivity contribution in [1.29, 1.82) is 0 Å². The number of carboxylic acids is 1. The number of carbonyl (C=O) groups is 2. The third-order valence-corrected chi connectivity index (χ3v) is 3.80. The summed E-state index contributed by atoms with van der Waals surface area (Å²) in [4.78, 5) is 24.0. The van der Waals surface area contributed by atoms with Crippen LogP contribution >= 0.6 is 0 Å². The van der Waals surface area contributed by atoms with Crippen LogP contribution in [0.4, 0.5) is 0 Å². The Labute approximate surface area is 136 Å². The van der Waals surface area contributed by atoms with E-state index in [1.165, 1.54) is 0 Å². The minimum Gasteiger partial charge on any atom is -0.479 e. The van der Waals surface area contributed by atoms with Gasteiger partial charge in [0, 0.05) is 0 Å². The average molecular weight is 311 g/mol. The van der Waals surface area contributed by atoms with Crippen molar-refractivity contribution in [3.05, 3.63) is 70.8 Å². The Hall–Kier alpha value is -2.62. The van der Waals surface area contributed by atoms with Crippen LogP contribution in [-0.4, -0.2) is 17.0 Å². The molecule has 4 nitrogen and oxygen atoms in total. The zero-order valence-electron chi connectivity index (χ0n) is 13.5. The number of carbonyl (C=O) groups excluding carboxylic acids is 1. The van der Waals surface area contributed by atoms with Gasteiger partial charge in [-0.3, -0.25) is 4.79 Å². The number of benzene rings is 2. The molecule has 0 aromatic heterocycles. The topological polar surface area (TPSA) is 66.4 Å². The molecule has 0 radical (unpaired) electrons. The Morgan fingerprint density at radius 1 is 0.957 bits per heavy atom. The zero-order chi connectivity index (χ0) is 17.0. The van der Waals surface area contributed by atoms with Crippen molar-refractivity contribution < 1.29 is 14.7 Å². The van der Waals surface area contributed by atoms with Crippen LogP contribution in [0.25, 0.3) is 0 Å². The highest BCUT2D eigenvalue weighted by molar-refractivity contribution is 5.88. The third kappa shape index (κ3) is 4.19. The summed E-state index contributed by atoms with van der Waals surface area (Å²) in [6, 6.07) is 13.8. The fraction of sp³-hybridized carbons (Fsp3) is 0.263. The summed E-state index contributed by atoms with van der Waals surface area (Å²) in [5.41, 5.74) is 3.38. The van der Waals surface area contributed by atoms with Crippen LogP contribution in [0.1, 0.15) is 41.1 Å². The molecule has 2 rings (SSSR count). The van der Waals surface area contributed by atoms with Gasteiger partial charge in [-0.1, -0.05) is 59.7 Å². The first-order chi connectivity index (χ1) is 10.9. The highest BCUT2D eigenvalue weighted by Gasteiger charge is 2.25. The molecule has 1 amide bonds. The molecule has 23 heavy (non-hydrogen) atoms. The van der Waals surface area contributed by atoms with Crippen molar-refractivity contribution in [2.24, 2.45) is 0 Å². The summed E-state index contributed by atoms with van der Waals surface area (Å²) < 4.78 is 0. The maximum Gasteiger partial charge on any atom is 0.330 e. The predicted octanol–water partition coefficient (Wildman–Crippen LogP) is 3.35. The van der Waals surface area contributed by atoms with E-state index in [4.69, 9.17) is 0 Å². The molecular weight excluding hydrogens is 290 g/mol. The van der Waals surface area contributed by atoms with Gasteiger partial charge in [-0.2, -0.15) is 0 Å². The quantitative estimate of drug-likeness (QED) is 0.890. The van der Waals surface area contributed by atoms with Gasteiger partial charge < -0.3 is 10.4 Å². The van der Waals surface area contributed by atoms with Gasteiger partial charge in [0.05, 0.1) is 5.92 Å². The van der Waals surface area contributed by atoms with Gasteiger partial charge in [-0.15, -0.1) is 0 Å². The highest BCUT2D eigenvalue weighted by Crippen LogP contribution is 2.20. The SMILES string of the molecule is Cc1cc(C)cc(C(NC(=O)C(C)c2ccccc2)C(=O)O)c1. The minimum atomic E-state index is -1.07. The number of aliphatic carboxylic acids is 1. The van der Waals surface area contributed by atoms with Crippen LogP contribution in [0.15, 0.2) is 48.5 Å². The Kier molecular flexibility index (Phi) is 5.16. The van der Waals surface area contributed by atoms with Crippen LogP contribution < -0.4 is 5.32 Å². The van der Waals surface area contributed by atoms with Crippen molar-refractivity contribution in [1.82, 2.24) is 5.32 Å². The lowest BCUT2D eigenvalue weighted by Gasteiger charge is -2.19. The van der Waals surface area contributed by atoms with Gasteiger partial charge in [0.2, 0.25) is 5.91 Å². The second kappa shape index (κ2) is 7.09. The molecule has 0 spiro atoms. The maximum atomic E-state index is 12.4. The number of nitrogens with one attached hydrogen (secondary N) is 1. The molecule has 0 heterocycles. The number of hydrogen-bond donors (Lipinski definition) is 2. The number of rotatable bonds is 5. The molecule has 4 heteroatoms. The normalized spacial score (nSPS) is 13.2. The molecule has 2 aromatic carbocycles. The van der Waals surface area contributed by atoms with Crippen molar-refractivity contribution >= 4 is 11.9 Å². The van der Waals surface area contributed by atoms with E-state index in [0.29, 0.717) is 5.56 Å². The van der Waals surface area contributed by atoms with Crippen molar-refractivity contribution in [2.45, 2.75) is 32.7 Å². The lowest BCUT2D eigenvalue weighted by Crippen LogP contribution is -2.36. The predicted molar refractivity (Wildman–Crippen MR) is 89.3 cm³/mol. The monoisotopic (exact) mass is 311 g/mol. The van der Waals surface area contributed by atoms with Crippen LogP contribution in [0, 0.1) is 13.8 Å². The van der Waals surface area contributed by atoms with Crippen molar-refractivity contribution in [3.63, 3.8) is 0 Å². The van der Waals surface area contributed by atoms with E-state index in [0.717, 1.165) is 16.7 Å². The Balaban J connectivity index is 2.22. The van der Waals surface area contributed by atoms with E-state index in [1.807, 2.05) is 50.2 Å². The second-order valence-electron chi connectivity index (χ2n) is 5.83. The smallest absolute Gasteiger partial charge is 0.330 e. The fourth-order valence-corrected chi connectivity index (χ4v) is 2.62. The standard InChI is InChI=1S/C19H21NO3/c1-12-9-13(2)11-16(10-12)17(19(22)23)20-18(21)14(3)15-7-5-4-6-8-15/h4-11,14,17H,1-3H3,(H,20,21)(H,22,23). The van der Waals surface area contributed by atoms with Gasteiger partial charge in [-0.25, -0.2) is 4.79 Å². The van der Waals surface area contributed by atoms with Gasteiger partial charge >= 0.3 is 5.97 Å². The zero-order valence-corrected chi connectivity index (χ0v) is 13.5. The van der Waals surface area contributed by atoms with E-state index in [1.54, 1.807) is 19.1 Å². The molecule has 120 valence electrons. The fourth-order valence-electron chi connectivity index (χ4n) is 2.62. The molecule has 0 aliphatic heterocycles. The number of amides is 1. The summed E-state index contributed by atoms with van der Waals surface area (Å²) in [6.45, 7) is 5.58. The molecule has 0 saturated carbocycles. The van der Waals surface area contributed by atoms with Crippen LogP contribution in [0.2, 0.25) is 0 Å². The molecule has 2 aromatic rings. The van der Waals surface area contributed by atoms with E-state index in [-0.39, 0.29) is 5.91 Å². The summed E-state index contributed by atoms with van der Waals surface area (Å²) >= 11 is 0. The van der Waals surface area contributed by atoms with Crippen molar-refractivity contribution in [3.8, 4) is 0 Å². The number of carboxylic acid groups (broad SMARTS) is 1. The lowest BCUT2D eigenvalue weighted by atomic mass is 9.98. The number of aryl methyl sites for hydroxylation is 2. The molecule has 0 bridgehead atoms. The molecule has 0 fully saturated rings. The van der Waals surface area contributed by atoms with E-state index >= 15 is 0 Å². The molecular formula is C19H21NO3. The van der Waals surface area contributed by atoms with Gasteiger partial charge in [0.15, 0.2) is 6.04 Å². The second-order valence-corrected chi connectivity index (χ2v) is 5.83. The maximum absolute atomic E-state index is 12.4. The molecule has 0 aliphatic rings. The molecule has 0 aliphatic carbocycles. The van der Waals surface area contributed by atoms with Crippen molar-refractivity contribution in [2.75, 3.05) is 0 Å². The highest BCUT2D eigenvalue weighted by atomic mass is 16.4. The average Bonchev–Trinajstić information content (AvgIpc) is 2.51. The van der Waals surface area contributed by atoms with Crippen LogP contribution in [-0.2, 0) is 9.59 Å². The molecule has 0 saturated heterocycles. The van der Waals surface area contributed by atoms with Crippen LogP contribution in [0.3, 0.4) is 0 Å². The minimum absolute atomic E-state index is 0.303. The van der Waals surface area contributed by atoms with E-state index < -0.39 is 17.9 Å². The summed E-state index contributed by atoms with van der Waals surface area (Å²) in [5, 5.41) is 12.1. The first kappa shape index (κ1) is 16.7. The van der Waals surface area contributed by atoms with Gasteiger partial charge in [-0.05, 0) is 31.9 Å². The molecule has 2 atom stereocenters. The summed E-state index contributed by atoms with van der Waals surface area (Å²) in [6.07, 6.45) is 0. The summed E-state index contributed by atoms with van der Waals surface area (Å²) in [7, 11) is 0. The lowest BCUT2D eigenvalue weighted by molar-refractivity contribution is -0.142. The molecule has 2 unspecified atom stereocenters.